The summed E-state index contributed by atoms with van der Waals surface area (Å²) in [7, 11) is 0. The summed E-state index contributed by atoms with van der Waals surface area (Å²) in [5.41, 5.74) is 0. The molecule has 0 unspecified atom stereocenters. The predicted octanol–water partition coefficient (Wildman–Crippen LogP) is 0.610. The highest BCUT2D eigenvalue weighted by Crippen LogP contribution is 1.94. The predicted molar refractivity (Wildman–Crippen MR) is 59.6 cm³/mol. The van der Waals surface area contributed by atoms with Crippen molar-refractivity contribution >= 4 is 11.9 Å². The van der Waals surface area contributed by atoms with Crippen LogP contribution in [0.3, 0.4) is 0 Å². The molecule has 0 radical (unpaired) electrons. The van der Waals surface area contributed by atoms with E-state index in [2.05, 4.69) is 16.0 Å². The topological polar surface area (TPSA) is 70.2 Å². The van der Waals surface area contributed by atoms with Gasteiger partial charge in [0.05, 0.1) is 0 Å². The molecule has 15 heavy (non-hydrogen) atoms. The van der Waals surface area contributed by atoms with E-state index in [0.29, 0.717) is 13.1 Å². The van der Waals surface area contributed by atoms with Gasteiger partial charge in [0.15, 0.2) is 0 Å². The minimum Gasteiger partial charge on any atom is -0.355 e. The first-order chi connectivity index (χ1) is 7.10. The molecule has 0 spiro atoms. The Balaban J connectivity index is 3.52. The molecule has 0 aromatic rings. The van der Waals surface area contributed by atoms with Crippen LogP contribution in [0.15, 0.2) is 0 Å². The molecule has 0 aliphatic carbocycles. The molecule has 5 heteroatoms. The maximum absolute atomic E-state index is 11.3. The maximum atomic E-state index is 11.3. The van der Waals surface area contributed by atoms with Crippen LogP contribution in [0.2, 0.25) is 0 Å². The molecule has 0 saturated carbocycles. The minimum atomic E-state index is -0.172. The molecular weight excluding hydrogens is 194 g/mol. The molecular formula is C10H21N3O2. The van der Waals surface area contributed by atoms with Crippen molar-refractivity contribution in [3.63, 3.8) is 0 Å². The Kier molecular flexibility index (Phi) is 7.40. The van der Waals surface area contributed by atoms with Crippen LogP contribution in [0.5, 0.6) is 0 Å². The van der Waals surface area contributed by atoms with E-state index >= 15 is 0 Å². The lowest BCUT2D eigenvalue weighted by Gasteiger charge is -2.15. The van der Waals surface area contributed by atoms with Crippen LogP contribution in [0.25, 0.3) is 0 Å². The van der Waals surface area contributed by atoms with Gasteiger partial charge in [-0.15, -0.1) is 0 Å². The molecule has 3 N–H and O–H groups in total. The van der Waals surface area contributed by atoms with Gasteiger partial charge in [0.1, 0.15) is 0 Å². The molecule has 0 fully saturated rings. The summed E-state index contributed by atoms with van der Waals surface area (Å²) < 4.78 is 0. The molecule has 0 aliphatic rings. The first-order valence-corrected chi connectivity index (χ1v) is 5.38. The number of amides is 3. The van der Waals surface area contributed by atoms with Crippen LogP contribution in [-0.2, 0) is 4.79 Å². The number of rotatable bonds is 6. The van der Waals surface area contributed by atoms with Crippen molar-refractivity contribution < 1.29 is 9.59 Å². The summed E-state index contributed by atoms with van der Waals surface area (Å²) in [4.78, 5) is 21.8. The summed E-state index contributed by atoms with van der Waals surface area (Å²) in [6.07, 6.45) is 1.85. The van der Waals surface area contributed by atoms with Gasteiger partial charge in [-0.2, -0.15) is 0 Å². The smallest absolute Gasteiger partial charge is 0.315 e. The van der Waals surface area contributed by atoms with Gasteiger partial charge in [-0.05, 0) is 12.8 Å². The van der Waals surface area contributed by atoms with Gasteiger partial charge in [0, 0.05) is 26.1 Å². The third-order valence-corrected chi connectivity index (χ3v) is 2.11. The fraction of sp³-hybridized carbons (Fsp3) is 0.800. The van der Waals surface area contributed by atoms with Gasteiger partial charge in [0.25, 0.3) is 0 Å². The Hall–Kier alpha value is -1.26. The van der Waals surface area contributed by atoms with Gasteiger partial charge in [-0.25, -0.2) is 4.79 Å². The summed E-state index contributed by atoms with van der Waals surface area (Å²) in [6, 6.07) is 0.0554. The second-order valence-corrected chi connectivity index (χ2v) is 3.40. The largest absolute Gasteiger partial charge is 0.355 e. The minimum absolute atomic E-state index is 0.0859. The van der Waals surface area contributed by atoms with Crippen LogP contribution in [0.4, 0.5) is 4.79 Å². The molecule has 0 heterocycles. The van der Waals surface area contributed by atoms with Gasteiger partial charge < -0.3 is 16.0 Å². The Morgan fingerprint density at radius 2 is 1.60 bits per heavy atom. The second-order valence-electron chi connectivity index (χ2n) is 3.40. The Bertz CT molecular complexity index is 203. The summed E-state index contributed by atoms with van der Waals surface area (Å²) in [5.74, 6) is -0.0859. The summed E-state index contributed by atoms with van der Waals surface area (Å²) in [6.45, 7) is 6.43. The average molecular weight is 215 g/mol. The first-order valence-electron chi connectivity index (χ1n) is 5.38. The number of carbonyl (C=O) groups is 2. The van der Waals surface area contributed by atoms with Crippen molar-refractivity contribution in [2.45, 2.75) is 39.7 Å². The van der Waals surface area contributed by atoms with Crippen molar-refractivity contribution in [1.82, 2.24) is 16.0 Å². The van der Waals surface area contributed by atoms with Crippen molar-refractivity contribution in [2.24, 2.45) is 0 Å². The van der Waals surface area contributed by atoms with E-state index in [-0.39, 0.29) is 18.0 Å². The molecule has 0 atom stereocenters. The quantitative estimate of drug-likeness (QED) is 0.568. The van der Waals surface area contributed by atoms with Crippen molar-refractivity contribution in [3.05, 3.63) is 0 Å². The lowest BCUT2D eigenvalue weighted by Crippen LogP contribution is -2.44. The molecule has 88 valence electrons. The third-order valence-electron chi connectivity index (χ3n) is 2.11. The number of carbonyl (C=O) groups excluding carboxylic acids is 2. The standard InChI is InChI=1S/C10H21N3O2/c1-4-9(5-2)13-10(15)12-7-6-11-8(3)14/h9H,4-7H2,1-3H3,(H,11,14)(H2,12,13,15). The monoisotopic (exact) mass is 215 g/mol. The van der Waals surface area contributed by atoms with Crippen LogP contribution < -0.4 is 16.0 Å². The zero-order valence-electron chi connectivity index (χ0n) is 9.72. The molecule has 0 aromatic heterocycles. The molecule has 5 nitrogen and oxygen atoms in total. The van der Waals surface area contributed by atoms with E-state index in [9.17, 15) is 9.59 Å². The molecule has 3 amide bonds. The van der Waals surface area contributed by atoms with E-state index < -0.39 is 0 Å². The van der Waals surface area contributed by atoms with Crippen LogP contribution in [0.1, 0.15) is 33.6 Å². The van der Waals surface area contributed by atoms with Crippen molar-refractivity contribution in [2.75, 3.05) is 13.1 Å². The van der Waals surface area contributed by atoms with E-state index in [1.807, 2.05) is 13.8 Å². The number of nitrogens with one attached hydrogen (secondary N) is 3. The fourth-order valence-electron chi connectivity index (χ4n) is 1.14. The lowest BCUT2D eigenvalue weighted by molar-refractivity contribution is -0.118. The maximum Gasteiger partial charge on any atom is 0.315 e. The molecule has 0 bridgehead atoms. The zero-order chi connectivity index (χ0) is 11.7. The summed E-state index contributed by atoms with van der Waals surface area (Å²) >= 11 is 0. The highest BCUT2D eigenvalue weighted by molar-refractivity contribution is 5.74. The Morgan fingerprint density at radius 1 is 1.07 bits per heavy atom. The Labute approximate surface area is 91.0 Å². The van der Waals surface area contributed by atoms with Gasteiger partial charge in [-0.1, -0.05) is 13.8 Å². The zero-order valence-corrected chi connectivity index (χ0v) is 9.72. The molecule has 0 aliphatic heterocycles. The van der Waals surface area contributed by atoms with Gasteiger partial charge in [-0.3, -0.25) is 4.79 Å². The van der Waals surface area contributed by atoms with Crippen molar-refractivity contribution in [1.29, 1.82) is 0 Å². The molecule has 0 saturated heterocycles. The van der Waals surface area contributed by atoms with Crippen LogP contribution in [-0.4, -0.2) is 31.1 Å². The Morgan fingerprint density at radius 3 is 2.07 bits per heavy atom. The lowest BCUT2D eigenvalue weighted by atomic mass is 10.2. The van der Waals surface area contributed by atoms with E-state index in [4.69, 9.17) is 0 Å². The normalized spacial score (nSPS) is 9.87. The molecule has 0 aromatic carbocycles. The number of hydrogen-bond donors (Lipinski definition) is 3. The third kappa shape index (κ3) is 7.78. The number of hydrogen-bond acceptors (Lipinski definition) is 2. The van der Waals surface area contributed by atoms with E-state index in [0.717, 1.165) is 12.8 Å². The average Bonchev–Trinajstić information content (AvgIpc) is 2.20. The van der Waals surface area contributed by atoms with Crippen LogP contribution in [0, 0.1) is 0 Å². The highest BCUT2D eigenvalue weighted by atomic mass is 16.2. The van der Waals surface area contributed by atoms with E-state index in [1.54, 1.807) is 0 Å². The highest BCUT2D eigenvalue weighted by Gasteiger charge is 2.06. The molecule has 0 rings (SSSR count). The SMILES string of the molecule is CCC(CC)NC(=O)NCCNC(C)=O. The second kappa shape index (κ2) is 8.08. The fourth-order valence-corrected chi connectivity index (χ4v) is 1.14. The van der Waals surface area contributed by atoms with Gasteiger partial charge in [0.2, 0.25) is 5.91 Å². The van der Waals surface area contributed by atoms with E-state index in [1.165, 1.54) is 6.92 Å². The van der Waals surface area contributed by atoms with Crippen molar-refractivity contribution in [3.8, 4) is 0 Å². The van der Waals surface area contributed by atoms with Gasteiger partial charge >= 0.3 is 6.03 Å². The summed E-state index contributed by atoms with van der Waals surface area (Å²) in [5, 5.41) is 8.11. The number of urea groups is 1. The van der Waals surface area contributed by atoms with Crippen LogP contribution >= 0.6 is 0 Å². The first kappa shape index (κ1) is 13.7.